The number of ketones is 2. The number of benzene rings is 1. The monoisotopic (exact) mass is 625 g/mol. The number of hydrogen-bond acceptors (Lipinski definition) is 9. The average molecular weight is 626 g/mol. The fourth-order valence-electron chi connectivity index (χ4n) is 9.07. The first-order chi connectivity index (χ1) is 21.2. The lowest BCUT2D eigenvalue weighted by molar-refractivity contribution is -0.184. The molecule has 3 saturated carbocycles. The molecule has 0 spiro atoms. The van der Waals surface area contributed by atoms with Gasteiger partial charge in [-0.2, -0.15) is 0 Å². The van der Waals surface area contributed by atoms with Crippen molar-refractivity contribution in [3.63, 3.8) is 0 Å². The molecule has 1 aromatic rings. The SMILES string of the molecule is C[C@]12CCC(=O)C=C1CC[C@H]1[C@H]2[C@@H](O)C[C@@]2(C)[C@H]1CC[C@]2(O)C(=O)COC(=O)CCC(=O)N[C@H](C(=O)O)[C@H](O)c1ccccc1. The van der Waals surface area contributed by atoms with E-state index in [4.69, 9.17) is 4.74 Å². The Kier molecular flexibility index (Phi) is 9.09. The number of Topliss-reactive ketones (excluding diaryl/α,β-unsaturated/α-hetero) is 1. The molecule has 0 heterocycles. The van der Waals surface area contributed by atoms with E-state index in [0.717, 1.165) is 18.4 Å². The fraction of sp³-hybridized carbons (Fsp3) is 0.618. The van der Waals surface area contributed by atoms with Gasteiger partial charge in [-0.05, 0) is 73.3 Å². The van der Waals surface area contributed by atoms with E-state index in [2.05, 4.69) is 12.2 Å². The first-order valence-electron chi connectivity index (χ1n) is 15.8. The summed E-state index contributed by atoms with van der Waals surface area (Å²) >= 11 is 0. The number of hydrogen-bond donors (Lipinski definition) is 5. The van der Waals surface area contributed by atoms with Crippen LogP contribution in [0.2, 0.25) is 0 Å². The van der Waals surface area contributed by atoms with E-state index in [0.29, 0.717) is 24.8 Å². The van der Waals surface area contributed by atoms with Crippen LogP contribution in [0.1, 0.15) is 83.3 Å². The van der Waals surface area contributed by atoms with Gasteiger partial charge in [-0.25, -0.2) is 4.79 Å². The number of aliphatic hydroxyl groups excluding tert-OH is 2. The normalized spacial score (nSPS) is 35.1. The fourth-order valence-corrected chi connectivity index (χ4v) is 9.07. The zero-order valence-electron chi connectivity index (χ0n) is 25.7. The molecule has 4 aliphatic rings. The molecule has 45 heavy (non-hydrogen) atoms. The Morgan fingerprint density at radius 1 is 1.04 bits per heavy atom. The van der Waals surface area contributed by atoms with Crippen LogP contribution in [0.5, 0.6) is 0 Å². The van der Waals surface area contributed by atoms with Crippen molar-refractivity contribution in [1.29, 1.82) is 0 Å². The largest absolute Gasteiger partial charge is 0.480 e. The molecule has 0 bridgehead atoms. The second-order valence-corrected chi connectivity index (χ2v) is 13.8. The van der Waals surface area contributed by atoms with Gasteiger partial charge >= 0.3 is 11.9 Å². The second kappa shape index (κ2) is 12.4. The topological polar surface area (TPSA) is 188 Å². The van der Waals surface area contributed by atoms with Crippen LogP contribution >= 0.6 is 0 Å². The molecular formula is C34H43NO10. The third kappa shape index (κ3) is 5.86. The number of nitrogens with one attached hydrogen (secondary N) is 1. The maximum atomic E-state index is 13.5. The number of aliphatic hydroxyl groups is 3. The van der Waals surface area contributed by atoms with E-state index >= 15 is 0 Å². The highest BCUT2D eigenvalue weighted by Crippen LogP contribution is 2.67. The second-order valence-electron chi connectivity index (χ2n) is 13.8. The van der Waals surface area contributed by atoms with Gasteiger partial charge in [-0.3, -0.25) is 19.2 Å². The van der Waals surface area contributed by atoms with E-state index in [-0.39, 0.29) is 41.8 Å². The molecule has 9 atom stereocenters. The number of amides is 1. The van der Waals surface area contributed by atoms with Crippen LogP contribution in [-0.2, 0) is 28.7 Å². The first kappa shape index (κ1) is 33.0. The molecule has 5 N–H and O–H groups in total. The average Bonchev–Trinajstić information content (AvgIpc) is 3.28. The smallest absolute Gasteiger partial charge is 0.329 e. The van der Waals surface area contributed by atoms with Crippen LogP contribution in [0.4, 0.5) is 0 Å². The molecular weight excluding hydrogens is 582 g/mol. The van der Waals surface area contributed by atoms with E-state index in [1.165, 1.54) is 12.1 Å². The van der Waals surface area contributed by atoms with Crippen molar-refractivity contribution in [1.82, 2.24) is 5.32 Å². The number of allylic oxidation sites excluding steroid dienone is 1. The number of rotatable bonds is 10. The predicted molar refractivity (Wildman–Crippen MR) is 159 cm³/mol. The lowest BCUT2D eigenvalue weighted by Gasteiger charge is -2.60. The van der Waals surface area contributed by atoms with Crippen molar-refractivity contribution in [2.45, 2.75) is 95.5 Å². The van der Waals surface area contributed by atoms with Crippen LogP contribution in [0, 0.1) is 28.6 Å². The minimum Gasteiger partial charge on any atom is -0.480 e. The van der Waals surface area contributed by atoms with Gasteiger partial charge in [0.05, 0.1) is 12.5 Å². The summed E-state index contributed by atoms with van der Waals surface area (Å²) < 4.78 is 5.16. The van der Waals surface area contributed by atoms with Crippen LogP contribution in [0.25, 0.3) is 0 Å². The summed E-state index contributed by atoms with van der Waals surface area (Å²) in [6.07, 6.45) is 2.23. The molecule has 0 radical (unpaired) electrons. The molecule has 0 saturated heterocycles. The molecule has 5 rings (SSSR count). The molecule has 0 aromatic heterocycles. The zero-order chi connectivity index (χ0) is 32.7. The Labute approximate surface area is 262 Å². The number of aliphatic carboxylic acids is 1. The Morgan fingerprint density at radius 3 is 2.44 bits per heavy atom. The van der Waals surface area contributed by atoms with Gasteiger partial charge in [0.25, 0.3) is 0 Å². The molecule has 1 aromatic carbocycles. The van der Waals surface area contributed by atoms with Crippen LogP contribution in [0.15, 0.2) is 42.0 Å². The summed E-state index contributed by atoms with van der Waals surface area (Å²) in [5.41, 5.74) is -1.63. The lowest BCUT2D eigenvalue weighted by atomic mass is 9.45. The molecule has 1 amide bonds. The van der Waals surface area contributed by atoms with E-state index in [9.17, 15) is 44.4 Å². The number of ether oxygens (including phenoxy) is 1. The van der Waals surface area contributed by atoms with Crippen molar-refractivity contribution in [2.75, 3.05) is 6.61 Å². The van der Waals surface area contributed by atoms with E-state index in [1.807, 2.05) is 6.92 Å². The van der Waals surface area contributed by atoms with Gasteiger partial charge in [0.15, 0.2) is 18.4 Å². The van der Waals surface area contributed by atoms with Gasteiger partial charge in [-0.1, -0.05) is 49.8 Å². The molecule has 4 aliphatic carbocycles. The van der Waals surface area contributed by atoms with E-state index in [1.54, 1.807) is 24.3 Å². The van der Waals surface area contributed by atoms with Crippen molar-refractivity contribution >= 4 is 29.4 Å². The summed E-state index contributed by atoms with van der Waals surface area (Å²) in [7, 11) is 0. The molecule has 244 valence electrons. The summed E-state index contributed by atoms with van der Waals surface area (Å²) in [4.78, 5) is 62.2. The van der Waals surface area contributed by atoms with Gasteiger partial charge < -0.3 is 30.5 Å². The number of esters is 1. The first-order valence-corrected chi connectivity index (χ1v) is 15.8. The van der Waals surface area contributed by atoms with Crippen molar-refractivity contribution in [3.05, 3.63) is 47.5 Å². The van der Waals surface area contributed by atoms with Gasteiger partial charge in [0, 0.05) is 18.3 Å². The predicted octanol–water partition coefficient (Wildman–Crippen LogP) is 2.42. The van der Waals surface area contributed by atoms with Crippen LogP contribution in [0.3, 0.4) is 0 Å². The third-order valence-corrected chi connectivity index (χ3v) is 11.5. The highest BCUT2D eigenvalue weighted by Gasteiger charge is 2.68. The Morgan fingerprint density at radius 2 is 1.76 bits per heavy atom. The minimum absolute atomic E-state index is 0.0244. The van der Waals surface area contributed by atoms with Crippen molar-refractivity contribution < 1.29 is 49.1 Å². The van der Waals surface area contributed by atoms with Crippen LogP contribution in [-0.4, -0.2) is 74.2 Å². The molecule has 11 nitrogen and oxygen atoms in total. The molecule has 3 fully saturated rings. The Bertz CT molecular complexity index is 1390. The minimum atomic E-state index is -1.80. The summed E-state index contributed by atoms with van der Waals surface area (Å²) in [6.45, 7) is 3.28. The molecule has 0 unspecified atom stereocenters. The number of fused-ring (bicyclic) bond motifs is 5. The highest BCUT2D eigenvalue weighted by molar-refractivity contribution is 5.92. The third-order valence-electron chi connectivity index (χ3n) is 11.5. The van der Waals surface area contributed by atoms with Gasteiger partial charge in [-0.15, -0.1) is 0 Å². The number of carboxylic acids is 1. The summed E-state index contributed by atoms with van der Waals surface area (Å²) in [6, 6.07) is 6.35. The molecule has 0 aliphatic heterocycles. The highest BCUT2D eigenvalue weighted by atomic mass is 16.5. The number of carbonyl (C=O) groups is 5. The maximum absolute atomic E-state index is 13.5. The quantitative estimate of drug-likeness (QED) is 0.242. The van der Waals surface area contributed by atoms with Gasteiger partial charge in [0.2, 0.25) is 11.7 Å². The van der Waals surface area contributed by atoms with Crippen LogP contribution < -0.4 is 5.32 Å². The number of carboxylic acid groups (broad SMARTS) is 1. The van der Waals surface area contributed by atoms with Crippen molar-refractivity contribution in [3.8, 4) is 0 Å². The zero-order valence-corrected chi connectivity index (χ0v) is 25.7. The standard InChI is InChI=1S/C34H43NO10/c1-32-14-12-21(36)16-20(32)8-9-22-23-13-15-34(44,33(23,2)17-24(37)28(22)32)25(38)18-45-27(40)11-10-26(39)35-29(31(42)43)30(41)19-6-4-3-5-7-19/h3-7,16,22-24,28-30,37,41,44H,8-15,17-18H2,1-2H3,(H,35,39)(H,42,43)/t22-,23+,24+,28+,29+,30-,32+,33+,34+/m1/s1. The Balaban J connectivity index is 1.17. The number of carbonyl (C=O) groups excluding carboxylic acids is 4. The van der Waals surface area contributed by atoms with Crippen molar-refractivity contribution in [2.24, 2.45) is 28.6 Å². The Hall–Kier alpha value is -3.41. The van der Waals surface area contributed by atoms with E-state index < -0.39 is 72.3 Å². The lowest BCUT2D eigenvalue weighted by Crippen LogP contribution is -2.62. The van der Waals surface area contributed by atoms with Gasteiger partial charge in [0.1, 0.15) is 11.7 Å². The summed E-state index contributed by atoms with van der Waals surface area (Å²) in [5.74, 6) is -3.66. The molecule has 11 heteroatoms. The summed E-state index contributed by atoms with van der Waals surface area (Å²) in [5, 5.41) is 45.5. The maximum Gasteiger partial charge on any atom is 0.329 e.